The summed E-state index contributed by atoms with van der Waals surface area (Å²) in [7, 11) is 0. The van der Waals surface area contributed by atoms with Gasteiger partial charge in [-0.05, 0) is 0 Å². The van der Waals surface area contributed by atoms with Crippen LogP contribution in [0.15, 0.2) is 0 Å². The zero-order valence-corrected chi connectivity index (χ0v) is 6.10. The molecule has 1 aliphatic heterocycles. The third kappa shape index (κ3) is 1.36. The van der Waals surface area contributed by atoms with Gasteiger partial charge in [0.25, 0.3) is 6.47 Å². The van der Waals surface area contributed by atoms with Crippen molar-refractivity contribution in [2.45, 2.75) is 12.5 Å². The monoisotopic (exact) mass is 173 g/mol. The first-order chi connectivity index (χ1) is 5.66. The van der Waals surface area contributed by atoms with Crippen LogP contribution in [0.25, 0.3) is 0 Å². The van der Waals surface area contributed by atoms with Gasteiger partial charge in [-0.15, -0.1) is 0 Å². The van der Waals surface area contributed by atoms with Crippen LogP contribution in [-0.4, -0.2) is 41.1 Å². The first-order valence-electron chi connectivity index (χ1n) is 3.24. The van der Waals surface area contributed by atoms with E-state index in [2.05, 4.69) is 4.74 Å². The molecule has 0 aliphatic carbocycles. The topological polar surface area (TPSA) is 83.9 Å². The molecule has 12 heavy (non-hydrogen) atoms. The molecule has 0 bridgehead atoms. The smallest absolute Gasteiger partial charge is 0.327 e. The van der Waals surface area contributed by atoms with E-state index < -0.39 is 12.0 Å². The van der Waals surface area contributed by atoms with Crippen molar-refractivity contribution >= 4 is 18.3 Å². The van der Waals surface area contributed by atoms with Crippen molar-refractivity contribution < 1.29 is 24.2 Å². The fraction of sp³-hybridized carbons (Fsp3) is 0.500. The average Bonchev–Trinajstić information content (AvgIpc) is 2.00. The Morgan fingerprint density at radius 3 is 2.92 bits per heavy atom. The van der Waals surface area contributed by atoms with Gasteiger partial charge >= 0.3 is 5.97 Å². The van der Waals surface area contributed by atoms with Crippen molar-refractivity contribution in [1.29, 1.82) is 0 Å². The number of amides is 1. The molecule has 1 rings (SSSR count). The Kier molecular flexibility index (Phi) is 2.27. The quantitative estimate of drug-likeness (QED) is 0.426. The predicted octanol–water partition coefficient (Wildman–Crippen LogP) is -1.20. The van der Waals surface area contributed by atoms with Crippen molar-refractivity contribution in [3.8, 4) is 0 Å². The normalized spacial score (nSPS) is 21.5. The molecular formula is C6H7NO5. The molecule has 1 aliphatic rings. The lowest BCUT2D eigenvalue weighted by molar-refractivity contribution is -0.170. The summed E-state index contributed by atoms with van der Waals surface area (Å²) in [6.45, 7) is -0.107. The van der Waals surface area contributed by atoms with Gasteiger partial charge in [-0.3, -0.25) is 14.5 Å². The van der Waals surface area contributed by atoms with Crippen LogP contribution in [-0.2, 0) is 19.1 Å². The zero-order valence-electron chi connectivity index (χ0n) is 6.10. The second kappa shape index (κ2) is 3.21. The van der Waals surface area contributed by atoms with Gasteiger partial charge in [-0.2, -0.15) is 0 Å². The first-order valence-corrected chi connectivity index (χ1v) is 3.24. The molecule has 0 aromatic rings. The summed E-state index contributed by atoms with van der Waals surface area (Å²) in [5.41, 5.74) is 0. The SMILES string of the molecule is O=COCN1C(=O)C[C@H]1C(=O)O. The maximum absolute atomic E-state index is 10.7. The number of rotatable bonds is 4. The average molecular weight is 173 g/mol. The Bertz CT molecular complexity index is 226. The van der Waals surface area contributed by atoms with Crippen LogP contribution < -0.4 is 0 Å². The fourth-order valence-electron chi connectivity index (χ4n) is 0.948. The molecule has 0 aromatic carbocycles. The number of hydrogen-bond acceptors (Lipinski definition) is 4. The maximum atomic E-state index is 10.7. The van der Waals surface area contributed by atoms with Gasteiger partial charge in [0.05, 0.1) is 6.42 Å². The van der Waals surface area contributed by atoms with Crippen molar-refractivity contribution in [3.05, 3.63) is 0 Å². The molecule has 0 spiro atoms. The van der Waals surface area contributed by atoms with E-state index in [9.17, 15) is 14.4 Å². The molecule has 0 saturated carbocycles. The molecule has 1 heterocycles. The van der Waals surface area contributed by atoms with Crippen LogP contribution >= 0.6 is 0 Å². The number of carboxylic acid groups (broad SMARTS) is 1. The standard InChI is InChI=1S/C6H7NO5/c8-3-12-2-7-4(6(10)11)1-5(7)9/h3-4H,1-2H2,(H,10,11)/t4-/m0/s1. The summed E-state index contributed by atoms with van der Waals surface area (Å²) in [5.74, 6) is -1.40. The maximum Gasteiger partial charge on any atom is 0.327 e. The molecule has 1 N–H and O–H groups in total. The Morgan fingerprint density at radius 1 is 1.83 bits per heavy atom. The molecular weight excluding hydrogens is 166 g/mol. The summed E-state index contributed by atoms with van der Waals surface area (Å²) in [6.07, 6.45) is -0.0163. The number of ether oxygens (including phenoxy) is 1. The number of carbonyl (C=O) groups is 3. The van der Waals surface area contributed by atoms with Gasteiger partial charge in [0.15, 0.2) is 6.73 Å². The molecule has 1 fully saturated rings. The molecule has 6 nitrogen and oxygen atoms in total. The van der Waals surface area contributed by atoms with Crippen LogP contribution in [0, 0.1) is 0 Å². The third-order valence-corrected chi connectivity index (χ3v) is 1.63. The van der Waals surface area contributed by atoms with Crippen LogP contribution in [0.5, 0.6) is 0 Å². The van der Waals surface area contributed by atoms with E-state index in [0.717, 1.165) is 4.90 Å². The molecule has 1 atom stereocenters. The van der Waals surface area contributed by atoms with E-state index in [4.69, 9.17) is 5.11 Å². The number of nitrogens with zero attached hydrogens (tertiary/aromatic N) is 1. The molecule has 66 valence electrons. The van der Waals surface area contributed by atoms with Crippen molar-refractivity contribution in [1.82, 2.24) is 4.90 Å². The number of hydrogen-bond donors (Lipinski definition) is 1. The van der Waals surface area contributed by atoms with Crippen molar-refractivity contribution in [3.63, 3.8) is 0 Å². The Labute approximate surface area is 67.7 Å². The highest BCUT2D eigenvalue weighted by Crippen LogP contribution is 2.18. The Hall–Kier alpha value is -1.59. The molecule has 1 saturated heterocycles. The second-order valence-corrected chi connectivity index (χ2v) is 2.31. The highest BCUT2D eigenvalue weighted by atomic mass is 16.5. The minimum absolute atomic E-state index is 0.0163. The van der Waals surface area contributed by atoms with Crippen LogP contribution in [0.1, 0.15) is 6.42 Å². The summed E-state index contributed by atoms with van der Waals surface area (Å²) in [4.78, 5) is 31.8. The van der Waals surface area contributed by atoms with E-state index >= 15 is 0 Å². The van der Waals surface area contributed by atoms with Gasteiger partial charge in [0.2, 0.25) is 5.91 Å². The first kappa shape index (κ1) is 8.51. The highest BCUT2D eigenvalue weighted by Gasteiger charge is 2.41. The number of likely N-dealkylation sites (tertiary alicyclic amines) is 1. The van der Waals surface area contributed by atoms with Crippen LogP contribution in [0.4, 0.5) is 0 Å². The molecule has 1 amide bonds. The van der Waals surface area contributed by atoms with Gasteiger partial charge in [0.1, 0.15) is 6.04 Å². The van der Waals surface area contributed by atoms with Crippen molar-refractivity contribution in [2.24, 2.45) is 0 Å². The lowest BCUT2D eigenvalue weighted by Gasteiger charge is -2.35. The molecule has 6 heteroatoms. The zero-order chi connectivity index (χ0) is 9.14. The van der Waals surface area contributed by atoms with Gasteiger partial charge in [-0.1, -0.05) is 0 Å². The van der Waals surface area contributed by atoms with Crippen LogP contribution in [0.2, 0.25) is 0 Å². The summed E-state index contributed by atoms with van der Waals surface area (Å²) in [6, 6.07) is -0.836. The Balaban J connectivity index is 2.44. The van der Waals surface area contributed by atoms with E-state index in [-0.39, 0.29) is 25.5 Å². The van der Waals surface area contributed by atoms with Crippen molar-refractivity contribution in [2.75, 3.05) is 6.73 Å². The summed E-state index contributed by atoms with van der Waals surface area (Å²) >= 11 is 0. The number of carbonyl (C=O) groups excluding carboxylic acids is 2. The lowest BCUT2D eigenvalue weighted by atomic mass is 10.0. The summed E-state index contributed by atoms with van der Waals surface area (Å²) in [5, 5.41) is 8.48. The predicted molar refractivity (Wildman–Crippen MR) is 34.9 cm³/mol. The largest absolute Gasteiger partial charge is 0.480 e. The fourth-order valence-corrected chi connectivity index (χ4v) is 0.948. The lowest BCUT2D eigenvalue weighted by Crippen LogP contribution is -2.57. The van der Waals surface area contributed by atoms with E-state index in [0.29, 0.717) is 0 Å². The minimum Gasteiger partial charge on any atom is -0.480 e. The van der Waals surface area contributed by atoms with E-state index in [1.807, 2.05) is 0 Å². The number of carboxylic acids is 1. The number of β-lactam (4-membered cyclic amide) rings is 1. The molecule has 0 unspecified atom stereocenters. The summed E-state index contributed by atoms with van der Waals surface area (Å²) < 4.78 is 4.25. The Morgan fingerprint density at radius 2 is 2.50 bits per heavy atom. The molecule has 0 aromatic heterocycles. The highest BCUT2D eigenvalue weighted by molar-refractivity contribution is 5.94. The third-order valence-electron chi connectivity index (χ3n) is 1.63. The van der Waals surface area contributed by atoms with Gasteiger partial charge in [0, 0.05) is 0 Å². The number of aliphatic carboxylic acids is 1. The molecule has 0 radical (unpaired) electrons. The van der Waals surface area contributed by atoms with Crippen LogP contribution in [0.3, 0.4) is 0 Å². The van der Waals surface area contributed by atoms with Gasteiger partial charge in [-0.25, -0.2) is 4.79 Å². The minimum atomic E-state index is -1.08. The van der Waals surface area contributed by atoms with E-state index in [1.54, 1.807) is 0 Å². The van der Waals surface area contributed by atoms with Gasteiger partial charge < -0.3 is 9.84 Å². The second-order valence-electron chi connectivity index (χ2n) is 2.31. The van der Waals surface area contributed by atoms with E-state index in [1.165, 1.54) is 0 Å².